The van der Waals surface area contributed by atoms with Gasteiger partial charge in [0.25, 0.3) is 0 Å². The van der Waals surface area contributed by atoms with Crippen molar-refractivity contribution in [3.05, 3.63) is 23.1 Å². The highest BCUT2D eigenvalue weighted by Gasteiger charge is 2.18. The minimum atomic E-state index is -0.0944. The monoisotopic (exact) mass is 214 g/mol. The van der Waals surface area contributed by atoms with E-state index in [9.17, 15) is 0 Å². The molecule has 0 bridgehead atoms. The quantitative estimate of drug-likeness (QED) is 0.807. The largest absolute Gasteiger partial charge is 0.448 e. The van der Waals surface area contributed by atoms with Crippen LogP contribution in [0.25, 0.3) is 0 Å². The van der Waals surface area contributed by atoms with Crippen molar-refractivity contribution in [3.8, 4) is 0 Å². The first kappa shape index (κ1) is 10.0. The summed E-state index contributed by atoms with van der Waals surface area (Å²) in [5.41, 5.74) is 5.92. The number of hydrogen-bond acceptors (Lipinski definition) is 3. The van der Waals surface area contributed by atoms with E-state index in [1.54, 1.807) is 6.07 Å². The van der Waals surface area contributed by atoms with Crippen LogP contribution in [0.5, 0.6) is 0 Å². The number of nitrogens with two attached hydrogens (primary N) is 1. The molecule has 0 radical (unpaired) electrons. The van der Waals surface area contributed by atoms with Crippen LogP contribution in [-0.4, -0.2) is 12.6 Å². The number of halogens is 1. The van der Waals surface area contributed by atoms with Gasteiger partial charge >= 0.3 is 0 Å². The van der Waals surface area contributed by atoms with E-state index in [-0.39, 0.29) is 6.04 Å². The lowest BCUT2D eigenvalue weighted by Crippen LogP contribution is -2.39. The Hall–Kier alpha value is -0.510. The maximum atomic E-state index is 5.92. The fraction of sp³-hybridized carbons (Fsp3) is 0.600. The molecular formula is C10H15ClN2O. The van der Waals surface area contributed by atoms with Gasteiger partial charge < -0.3 is 15.5 Å². The molecule has 0 aromatic carbocycles. The van der Waals surface area contributed by atoms with Gasteiger partial charge in [0.2, 0.25) is 0 Å². The standard InChI is InChI=1S/C10H15ClN2O/c11-10-5-4-9(14-10)8(12)6-13-7-2-1-3-7/h4-5,7-8,13H,1-3,6,12H2. The molecule has 3 N–H and O–H groups in total. The van der Waals surface area contributed by atoms with Crippen LogP contribution in [-0.2, 0) is 0 Å². The van der Waals surface area contributed by atoms with Gasteiger partial charge in [0.15, 0.2) is 5.22 Å². The van der Waals surface area contributed by atoms with Gasteiger partial charge in [-0.05, 0) is 36.6 Å². The molecule has 4 heteroatoms. The van der Waals surface area contributed by atoms with Gasteiger partial charge in [-0.2, -0.15) is 0 Å². The van der Waals surface area contributed by atoms with Crippen molar-refractivity contribution in [3.63, 3.8) is 0 Å². The highest BCUT2D eigenvalue weighted by molar-refractivity contribution is 6.28. The van der Waals surface area contributed by atoms with Gasteiger partial charge in [-0.1, -0.05) is 6.42 Å². The Labute approximate surface area is 88.6 Å². The summed E-state index contributed by atoms with van der Waals surface area (Å²) in [6.45, 7) is 0.758. The third kappa shape index (κ3) is 2.29. The van der Waals surface area contributed by atoms with Gasteiger partial charge in [0.05, 0.1) is 6.04 Å². The number of furan rings is 1. The molecule has 2 rings (SSSR count). The van der Waals surface area contributed by atoms with E-state index in [0.29, 0.717) is 11.3 Å². The molecule has 0 saturated heterocycles. The van der Waals surface area contributed by atoms with Crippen LogP contribution in [0.3, 0.4) is 0 Å². The predicted octanol–water partition coefficient (Wildman–Crippen LogP) is 2.07. The summed E-state index contributed by atoms with van der Waals surface area (Å²) in [6.07, 6.45) is 3.87. The zero-order valence-corrected chi connectivity index (χ0v) is 8.76. The van der Waals surface area contributed by atoms with E-state index in [1.807, 2.05) is 6.07 Å². The minimum Gasteiger partial charge on any atom is -0.448 e. The Balaban J connectivity index is 1.79. The Morgan fingerprint density at radius 2 is 2.36 bits per heavy atom. The Morgan fingerprint density at radius 3 is 2.86 bits per heavy atom. The number of rotatable bonds is 4. The molecule has 1 saturated carbocycles. The fourth-order valence-corrected chi connectivity index (χ4v) is 1.69. The normalized spacial score (nSPS) is 19.3. The zero-order valence-electron chi connectivity index (χ0n) is 8.00. The van der Waals surface area contributed by atoms with Crippen LogP contribution in [0.15, 0.2) is 16.5 Å². The Kier molecular flexibility index (Phi) is 3.11. The second-order valence-corrected chi connectivity index (χ2v) is 4.16. The van der Waals surface area contributed by atoms with Gasteiger partial charge in [0, 0.05) is 12.6 Å². The molecule has 0 aliphatic heterocycles. The first-order chi connectivity index (χ1) is 6.75. The van der Waals surface area contributed by atoms with E-state index in [4.69, 9.17) is 21.8 Å². The molecule has 78 valence electrons. The van der Waals surface area contributed by atoms with E-state index >= 15 is 0 Å². The average Bonchev–Trinajstić information content (AvgIpc) is 2.49. The van der Waals surface area contributed by atoms with E-state index in [2.05, 4.69) is 5.32 Å². The summed E-state index contributed by atoms with van der Waals surface area (Å²) in [4.78, 5) is 0. The molecule has 0 spiro atoms. The molecular weight excluding hydrogens is 200 g/mol. The van der Waals surface area contributed by atoms with Crippen molar-refractivity contribution in [2.24, 2.45) is 5.73 Å². The zero-order chi connectivity index (χ0) is 9.97. The molecule has 1 aromatic rings. The van der Waals surface area contributed by atoms with Crippen molar-refractivity contribution in [2.75, 3.05) is 6.54 Å². The second kappa shape index (κ2) is 4.34. The van der Waals surface area contributed by atoms with Crippen molar-refractivity contribution < 1.29 is 4.42 Å². The average molecular weight is 215 g/mol. The molecule has 1 unspecified atom stereocenters. The number of nitrogens with one attached hydrogen (secondary N) is 1. The third-order valence-electron chi connectivity index (χ3n) is 2.69. The lowest BCUT2D eigenvalue weighted by molar-refractivity contribution is 0.324. The second-order valence-electron chi connectivity index (χ2n) is 3.78. The van der Waals surface area contributed by atoms with Crippen LogP contribution in [0, 0.1) is 0 Å². The highest BCUT2D eigenvalue weighted by atomic mass is 35.5. The molecule has 1 aromatic heterocycles. The summed E-state index contributed by atoms with van der Waals surface area (Å²) in [7, 11) is 0. The van der Waals surface area contributed by atoms with E-state index in [1.165, 1.54) is 19.3 Å². The molecule has 1 heterocycles. The van der Waals surface area contributed by atoms with Crippen molar-refractivity contribution >= 4 is 11.6 Å². The summed E-state index contributed by atoms with van der Waals surface area (Å²) < 4.78 is 5.23. The number of hydrogen-bond donors (Lipinski definition) is 2. The SMILES string of the molecule is NC(CNC1CCC1)c1ccc(Cl)o1. The van der Waals surface area contributed by atoms with Crippen molar-refractivity contribution in [2.45, 2.75) is 31.3 Å². The topological polar surface area (TPSA) is 51.2 Å². The van der Waals surface area contributed by atoms with Crippen LogP contribution in [0.1, 0.15) is 31.1 Å². The van der Waals surface area contributed by atoms with Crippen molar-refractivity contribution in [1.29, 1.82) is 0 Å². The minimum absolute atomic E-state index is 0.0944. The smallest absolute Gasteiger partial charge is 0.193 e. The first-order valence-corrected chi connectivity index (χ1v) is 5.37. The summed E-state index contributed by atoms with van der Waals surface area (Å²) >= 11 is 5.66. The molecule has 0 amide bonds. The maximum Gasteiger partial charge on any atom is 0.193 e. The molecule has 14 heavy (non-hydrogen) atoms. The lowest BCUT2D eigenvalue weighted by Gasteiger charge is -2.27. The van der Waals surface area contributed by atoms with Crippen LogP contribution in [0.2, 0.25) is 5.22 Å². The van der Waals surface area contributed by atoms with Gasteiger partial charge in [-0.3, -0.25) is 0 Å². The predicted molar refractivity (Wildman–Crippen MR) is 56.3 cm³/mol. The lowest BCUT2D eigenvalue weighted by atomic mass is 9.93. The highest BCUT2D eigenvalue weighted by Crippen LogP contribution is 2.20. The summed E-state index contributed by atoms with van der Waals surface area (Å²) in [6, 6.07) is 4.12. The first-order valence-electron chi connectivity index (χ1n) is 5.00. The molecule has 1 atom stereocenters. The van der Waals surface area contributed by atoms with E-state index < -0.39 is 0 Å². The molecule has 3 nitrogen and oxygen atoms in total. The molecule has 1 aliphatic carbocycles. The van der Waals surface area contributed by atoms with Crippen LogP contribution in [0.4, 0.5) is 0 Å². The maximum absolute atomic E-state index is 5.92. The fourth-order valence-electron chi connectivity index (χ4n) is 1.53. The van der Waals surface area contributed by atoms with Gasteiger partial charge in [0.1, 0.15) is 5.76 Å². The third-order valence-corrected chi connectivity index (χ3v) is 2.89. The molecule has 1 fully saturated rings. The van der Waals surface area contributed by atoms with Crippen LogP contribution >= 0.6 is 11.6 Å². The summed E-state index contributed by atoms with van der Waals surface area (Å²) in [5.74, 6) is 0.752. The molecule has 1 aliphatic rings. The van der Waals surface area contributed by atoms with Gasteiger partial charge in [-0.15, -0.1) is 0 Å². The summed E-state index contributed by atoms with van der Waals surface area (Å²) in [5, 5.41) is 3.80. The Bertz CT molecular complexity index is 296. The van der Waals surface area contributed by atoms with Gasteiger partial charge in [-0.25, -0.2) is 0 Å². The van der Waals surface area contributed by atoms with Crippen LogP contribution < -0.4 is 11.1 Å². The van der Waals surface area contributed by atoms with E-state index in [0.717, 1.165) is 12.3 Å². The Morgan fingerprint density at radius 1 is 1.57 bits per heavy atom. The van der Waals surface area contributed by atoms with Crippen molar-refractivity contribution in [1.82, 2.24) is 5.32 Å².